The van der Waals surface area contributed by atoms with Crippen LogP contribution in [0, 0.1) is 34.4 Å². The molecule has 1 aliphatic heterocycles. The predicted molar refractivity (Wildman–Crippen MR) is 102 cm³/mol. The van der Waals surface area contributed by atoms with Gasteiger partial charge in [-0.25, -0.2) is 9.38 Å². The Labute approximate surface area is 160 Å². The fourth-order valence-electron chi connectivity index (χ4n) is 4.40. The van der Waals surface area contributed by atoms with Crippen LogP contribution in [0.15, 0.2) is 23.2 Å². The van der Waals surface area contributed by atoms with Crippen LogP contribution in [0.5, 0.6) is 0 Å². The van der Waals surface area contributed by atoms with Gasteiger partial charge in [0.25, 0.3) is 0 Å². The summed E-state index contributed by atoms with van der Waals surface area (Å²) in [7, 11) is 1.58. The van der Waals surface area contributed by atoms with E-state index in [0.29, 0.717) is 11.5 Å². The van der Waals surface area contributed by atoms with E-state index in [2.05, 4.69) is 11.1 Å². The van der Waals surface area contributed by atoms with E-state index in [-0.39, 0.29) is 17.8 Å². The quantitative estimate of drug-likeness (QED) is 0.886. The van der Waals surface area contributed by atoms with Gasteiger partial charge in [0.15, 0.2) is 5.96 Å². The lowest BCUT2D eigenvalue weighted by Crippen LogP contribution is -2.58. The molecule has 6 heteroatoms. The minimum Gasteiger partial charge on any atom is -0.369 e. The SMILES string of the molecule is CN1C(=O)C(C)(C)[C@@](C)(c2cc(CC3CCCC3C#N)ccc2F)N=C1N. The zero-order valence-corrected chi connectivity index (χ0v) is 16.4. The molecule has 0 saturated heterocycles. The van der Waals surface area contributed by atoms with Gasteiger partial charge in [-0.3, -0.25) is 9.69 Å². The second kappa shape index (κ2) is 6.63. The van der Waals surface area contributed by atoms with Crippen molar-refractivity contribution < 1.29 is 9.18 Å². The molecule has 3 atom stereocenters. The standard InChI is InChI=1S/C21H27FN4O/c1-20(2)18(27)26(4)19(24)25-21(20,3)16-11-13(8-9-17(16)22)10-14-6-5-7-15(14)12-23/h8-9,11,14-15H,5-7,10H2,1-4H3,(H2,24,25)/t14?,15?,21-/m1/s1. The molecule has 0 aromatic heterocycles. The van der Waals surface area contributed by atoms with Crippen molar-refractivity contribution in [1.82, 2.24) is 4.90 Å². The van der Waals surface area contributed by atoms with E-state index in [1.54, 1.807) is 40.0 Å². The maximum absolute atomic E-state index is 14.9. The van der Waals surface area contributed by atoms with Gasteiger partial charge < -0.3 is 5.73 Å². The van der Waals surface area contributed by atoms with Crippen LogP contribution in [0.2, 0.25) is 0 Å². The Hall–Kier alpha value is -2.42. The number of benzene rings is 1. The molecule has 0 bridgehead atoms. The molecule has 1 amide bonds. The summed E-state index contributed by atoms with van der Waals surface area (Å²) >= 11 is 0. The van der Waals surface area contributed by atoms with Gasteiger partial charge in [-0.05, 0) is 57.6 Å². The van der Waals surface area contributed by atoms with Crippen LogP contribution in [0.4, 0.5) is 4.39 Å². The Morgan fingerprint density at radius 3 is 2.74 bits per heavy atom. The number of carbonyl (C=O) groups excluding carboxylic acids is 1. The second-order valence-corrected chi connectivity index (χ2v) is 8.48. The third-order valence-electron chi connectivity index (χ3n) is 6.62. The van der Waals surface area contributed by atoms with Crippen molar-refractivity contribution in [3.63, 3.8) is 0 Å². The predicted octanol–water partition coefficient (Wildman–Crippen LogP) is 3.34. The Kier molecular flexibility index (Phi) is 4.75. The molecule has 1 heterocycles. The maximum atomic E-state index is 14.9. The van der Waals surface area contributed by atoms with E-state index in [1.165, 1.54) is 11.0 Å². The zero-order chi connectivity index (χ0) is 20.0. The lowest BCUT2D eigenvalue weighted by Gasteiger charge is -2.46. The van der Waals surface area contributed by atoms with Crippen LogP contribution < -0.4 is 5.73 Å². The number of amides is 1. The van der Waals surface area contributed by atoms with Crippen molar-refractivity contribution in [2.45, 2.75) is 52.0 Å². The Bertz CT molecular complexity index is 841. The van der Waals surface area contributed by atoms with Crippen LogP contribution in [0.3, 0.4) is 0 Å². The van der Waals surface area contributed by atoms with Crippen LogP contribution in [-0.2, 0) is 16.8 Å². The molecule has 2 aliphatic rings. The van der Waals surface area contributed by atoms with Crippen molar-refractivity contribution in [1.29, 1.82) is 5.26 Å². The largest absolute Gasteiger partial charge is 0.369 e. The zero-order valence-electron chi connectivity index (χ0n) is 16.4. The van der Waals surface area contributed by atoms with Crippen molar-refractivity contribution in [3.8, 4) is 6.07 Å². The summed E-state index contributed by atoms with van der Waals surface area (Å²) < 4.78 is 14.9. The molecule has 0 radical (unpaired) electrons. The molecular formula is C21H27FN4O. The molecule has 1 aliphatic carbocycles. The summed E-state index contributed by atoms with van der Waals surface area (Å²) in [6, 6.07) is 7.41. The fourth-order valence-corrected chi connectivity index (χ4v) is 4.40. The first-order chi connectivity index (χ1) is 12.6. The summed E-state index contributed by atoms with van der Waals surface area (Å²) in [5.41, 5.74) is 5.24. The maximum Gasteiger partial charge on any atom is 0.237 e. The number of rotatable bonds is 3. The molecule has 1 aromatic rings. The van der Waals surface area contributed by atoms with Crippen LogP contribution in [0.25, 0.3) is 0 Å². The summed E-state index contributed by atoms with van der Waals surface area (Å²) in [5.74, 6) is -0.146. The van der Waals surface area contributed by atoms with Gasteiger partial charge in [-0.1, -0.05) is 18.6 Å². The normalized spacial score (nSPS) is 30.1. The molecule has 144 valence electrons. The minimum atomic E-state index is -1.11. The van der Waals surface area contributed by atoms with Gasteiger partial charge in [0.2, 0.25) is 5.91 Å². The summed E-state index contributed by atoms with van der Waals surface area (Å²) in [5, 5.41) is 9.33. The highest BCUT2D eigenvalue weighted by atomic mass is 19.1. The highest BCUT2D eigenvalue weighted by Crippen LogP contribution is 2.47. The first-order valence-electron chi connectivity index (χ1n) is 9.44. The van der Waals surface area contributed by atoms with Gasteiger partial charge in [-0.15, -0.1) is 0 Å². The minimum absolute atomic E-state index is 0.0594. The smallest absolute Gasteiger partial charge is 0.237 e. The second-order valence-electron chi connectivity index (χ2n) is 8.48. The topological polar surface area (TPSA) is 82.5 Å². The molecule has 1 aromatic carbocycles. The fraction of sp³-hybridized carbons (Fsp3) is 0.571. The Morgan fingerprint density at radius 1 is 1.37 bits per heavy atom. The van der Waals surface area contributed by atoms with Gasteiger partial charge in [-0.2, -0.15) is 5.26 Å². The molecule has 0 spiro atoms. The average Bonchev–Trinajstić information content (AvgIpc) is 3.07. The van der Waals surface area contributed by atoms with Crippen LogP contribution >= 0.6 is 0 Å². The Morgan fingerprint density at radius 2 is 2.07 bits per heavy atom. The first kappa shape index (κ1) is 19.3. The average molecular weight is 370 g/mol. The highest BCUT2D eigenvalue weighted by Gasteiger charge is 2.53. The van der Waals surface area contributed by atoms with E-state index in [9.17, 15) is 14.4 Å². The molecule has 2 N–H and O–H groups in total. The van der Waals surface area contributed by atoms with Gasteiger partial charge in [0.05, 0.1) is 11.5 Å². The van der Waals surface area contributed by atoms with E-state index < -0.39 is 16.8 Å². The lowest BCUT2D eigenvalue weighted by molar-refractivity contribution is -0.140. The highest BCUT2D eigenvalue weighted by molar-refractivity contribution is 6.01. The van der Waals surface area contributed by atoms with E-state index >= 15 is 0 Å². The Balaban J connectivity index is 2.03. The number of hydrogen-bond acceptors (Lipinski definition) is 4. The number of aliphatic imine (C=N–C) groups is 1. The molecule has 5 nitrogen and oxygen atoms in total. The van der Waals surface area contributed by atoms with Crippen molar-refractivity contribution in [3.05, 3.63) is 35.1 Å². The van der Waals surface area contributed by atoms with E-state index in [4.69, 9.17) is 5.73 Å². The van der Waals surface area contributed by atoms with Gasteiger partial charge in [0, 0.05) is 18.5 Å². The molecule has 1 saturated carbocycles. The third-order valence-corrected chi connectivity index (χ3v) is 6.62. The van der Waals surface area contributed by atoms with Crippen molar-refractivity contribution in [2.24, 2.45) is 28.0 Å². The number of nitriles is 1. The molecule has 2 unspecified atom stereocenters. The summed E-state index contributed by atoms with van der Waals surface area (Å²) in [4.78, 5) is 18.7. The third kappa shape index (κ3) is 2.99. The van der Waals surface area contributed by atoms with Crippen LogP contribution in [0.1, 0.15) is 51.2 Å². The monoisotopic (exact) mass is 370 g/mol. The molecule has 1 fully saturated rings. The van der Waals surface area contributed by atoms with Crippen molar-refractivity contribution >= 4 is 11.9 Å². The lowest BCUT2D eigenvalue weighted by atomic mass is 9.67. The number of carbonyl (C=O) groups is 1. The number of halogens is 1. The first-order valence-corrected chi connectivity index (χ1v) is 9.44. The number of guanidine groups is 1. The molecular weight excluding hydrogens is 343 g/mol. The number of nitrogens with two attached hydrogens (primary N) is 1. The van der Waals surface area contributed by atoms with Gasteiger partial charge in [0.1, 0.15) is 11.4 Å². The summed E-state index contributed by atoms with van der Waals surface area (Å²) in [6.45, 7) is 5.31. The number of hydrogen-bond donors (Lipinski definition) is 1. The van der Waals surface area contributed by atoms with Crippen LogP contribution in [-0.4, -0.2) is 23.8 Å². The van der Waals surface area contributed by atoms with E-state index in [0.717, 1.165) is 31.2 Å². The number of nitrogens with zero attached hydrogens (tertiary/aromatic N) is 3. The summed E-state index contributed by atoms with van der Waals surface area (Å²) in [6.07, 6.45) is 3.74. The molecule has 27 heavy (non-hydrogen) atoms. The van der Waals surface area contributed by atoms with Crippen molar-refractivity contribution in [2.75, 3.05) is 7.05 Å². The van der Waals surface area contributed by atoms with Gasteiger partial charge >= 0.3 is 0 Å². The molecule has 3 rings (SSSR count). The van der Waals surface area contributed by atoms with E-state index in [1.807, 2.05) is 0 Å².